The Hall–Kier alpha value is -2.83. The fourth-order valence-corrected chi connectivity index (χ4v) is 3.12. The second kappa shape index (κ2) is 8.24. The molecule has 2 aromatic carbocycles. The molecule has 0 unspecified atom stereocenters. The maximum Gasteiger partial charge on any atom is 0.125 e. The third kappa shape index (κ3) is 4.48. The first-order chi connectivity index (χ1) is 13.3. The van der Waals surface area contributed by atoms with Gasteiger partial charge in [-0.05, 0) is 29.3 Å². The van der Waals surface area contributed by atoms with Crippen molar-refractivity contribution in [3.05, 3.63) is 71.7 Å². The van der Waals surface area contributed by atoms with Gasteiger partial charge < -0.3 is 4.74 Å². The Morgan fingerprint density at radius 2 is 1.93 bits per heavy atom. The highest BCUT2D eigenvalue weighted by Crippen LogP contribution is 2.22. The van der Waals surface area contributed by atoms with Gasteiger partial charge in [0, 0.05) is 37.3 Å². The summed E-state index contributed by atoms with van der Waals surface area (Å²) < 4.78 is 18.7. The van der Waals surface area contributed by atoms with E-state index in [1.54, 1.807) is 18.5 Å². The number of rotatable bonds is 5. The van der Waals surface area contributed by atoms with E-state index >= 15 is 0 Å². The molecular formula is C21H21FN4O. The number of hydrogen-bond acceptors (Lipinski definition) is 5. The van der Waals surface area contributed by atoms with E-state index < -0.39 is 0 Å². The van der Waals surface area contributed by atoms with Gasteiger partial charge in [0.25, 0.3) is 0 Å². The van der Waals surface area contributed by atoms with Gasteiger partial charge in [0.2, 0.25) is 0 Å². The fraction of sp³-hybridized carbons (Fsp3) is 0.238. The maximum atomic E-state index is 13.3. The van der Waals surface area contributed by atoms with Crippen molar-refractivity contribution in [1.82, 2.24) is 9.88 Å². The Kier molecular flexibility index (Phi) is 5.37. The summed E-state index contributed by atoms with van der Waals surface area (Å²) in [5, 5.41) is 5.14. The van der Waals surface area contributed by atoms with Crippen LogP contribution in [0.15, 0.2) is 59.8 Å². The molecule has 1 fully saturated rings. The van der Waals surface area contributed by atoms with Gasteiger partial charge in [-0.1, -0.05) is 24.3 Å². The lowest BCUT2D eigenvalue weighted by atomic mass is 10.1. The van der Waals surface area contributed by atoms with Crippen LogP contribution in [0.3, 0.4) is 0 Å². The zero-order valence-corrected chi connectivity index (χ0v) is 14.9. The molecule has 138 valence electrons. The zero-order valence-electron chi connectivity index (χ0n) is 14.9. The number of ether oxygens (including phenoxy) is 1. The normalized spacial score (nSPS) is 15.4. The van der Waals surface area contributed by atoms with Gasteiger partial charge in [-0.3, -0.25) is 15.3 Å². The molecule has 3 aromatic rings. The smallest absolute Gasteiger partial charge is 0.125 e. The third-order valence-corrected chi connectivity index (χ3v) is 4.59. The Morgan fingerprint density at radius 1 is 1.11 bits per heavy atom. The number of fused-ring (bicyclic) bond motifs is 1. The van der Waals surface area contributed by atoms with Gasteiger partial charge in [0.15, 0.2) is 0 Å². The van der Waals surface area contributed by atoms with E-state index in [2.05, 4.69) is 44.7 Å². The van der Waals surface area contributed by atoms with Crippen LogP contribution in [0.5, 0.6) is 0 Å². The number of halogens is 1. The first-order valence-corrected chi connectivity index (χ1v) is 9.00. The van der Waals surface area contributed by atoms with Crippen LogP contribution in [0.2, 0.25) is 0 Å². The van der Waals surface area contributed by atoms with Crippen molar-refractivity contribution in [2.75, 3.05) is 31.7 Å². The lowest BCUT2D eigenvalue weighted by Gasteiger charge is -2.26. The van der Waals surface area contributed by atoms with E-state index in [4.69, 9.17) is 4.74 Å². The average molecular weight is 364 g/mol. The van der Waals surface area contributed by atoms with E-state index in [-0.39, 0.29) is 5.82 Å². The molecule has 0 atom stereocenters. The molecule has 0 bridgehead atoms. The number of hydrogen-bond donors (Lipinski definition) is 1. The van der Waals surface area contributed by atoms with Crippen LogP contribution in [0, 0.1) is 5.82 Å². The SMILES string of the molecule is Fc1ccc2c(N/N=C/c3ccc(CN4CCOCC4)cc3)ccnc2c1. The highest BCUT2D eigenvalue weighted by atomic mass is 19.1. The lowest BCUT2D eigenvalue weighted by molar-refractivity contribution is 0.0342. The van der Waals surface area contributed by atoms with Crippen molar-refractivity contribution in [3.63, 3.8) is 0 Å². The predicted molar refractivity (Wildman–Crippen MR) is 105 cm³/mol. The Morgan fingerprint density at radius 3 is 2.74 bits per heavy atom. The molecule has 27 heavy (non-hydrogen) atoms. The number of pyridine rings is 1. The highest BCUT2D eigenvalue weighted by molar-refractivity contribution is 5.91. The molecule has 0 saturated carbocycles. The van der Waals surface area contributed by atoms with E-state index in [0.717, 1.165) is 49.5 Å². The molecule has 1 aliphatic rings. The van der Waals surface area contributed by atoms with Gasteiger partial charge in [0.05, 0.1) is 30.6 Å². The Bertz CT molecular complexity index is 937. The monoisotopic (exact) mass is 364 g/mol. The zero-order chi connectivity index (χ0) is 18.5. The number of aromatic nitrogens is 1. The molecule has 2 heterocycles. The summed E-state index contributed by atoms with van der Waals surface area (Å²) in [4.78, 5) is 6.58. The summed E-state index contributed by atoms with van der Waals surface area (Å²) in [7, 11) is 0. The number of morpholine rings is 1. The summed E-state index contributed by atoms with van der Waals surface area (Å²) in [6.07, 6.45) is 3.41. The minimum absolute atomic E-state index is 0.298. The van der Waals surface area contributed by atoms with Crippen molar-refractivity contribution >= 4 is 22.8 Å². The summed E-state index contributed by atoms with van der Waals surface area (Å²) in [6.45, 7) is 4.53. The molecule has 1 N–H and O–H groups in total. The van der Waals surface area contributed by atoms with E-state index in [1.807, 2.05) is 6.07 Å². The van der Waals surface area contributed by atoms with E-state index in [1.165, 1.54) is 17.7 Å². The predicted octanol–water partition coefficient (Wildman–Crippen LogP) is 3.65. The second-order valence-electron chi connectivity index (χ2n) is 6.52. The van der Waals surface area contributed by atoms with Crippen molar-refractivity contribution in [2.45, 2.75) is 6.54 Å². The first-order valence-electron chi connectivity index (χ1n) is 9.00. The largest absolute Gasteiger partial charge is 0.379 e. The number of benzene rings is 2. The first kappa shape index (κ1) is 17.6. The van der Waals surface area contributed by atoms with Crippen LogP contribution >= 0.6 is 0 Å². The standard InChI is InChI=1S/C21H21FN4O/c22-18-5-6-19-20(7-8-23-21(19)13-18)25-24-14-16-1-3-17(4-2-16)15-26-9-11-27-12-10-26/h1-8,13-14H,9-12,15H2,(H,23,25)/b24-14+. The molecule has 1 saturated heterocycles. The minimum atomic E-state index is -0.298. The molecule has 4 rings (SSSR count). The number of anilines is 1. The third-order valence-electron chi connectivity index (χ3n) is 4.59. The summed E-state index contributed by atoms with van der Waals surface area (Å²) >= 11 is 0. The molecule has 0 radical (unpaired) electrons. The van der Waals surface area contributed by atoms with Gasteiger partial charge >= 0.3 is 0 Å². The molecule has 0 amide bonds. The maximum absolute atomic E-state index is 13.3. The van der Waals surface area contributed by atoms with Gasteiger partial charge in [-0.25, -0.2) is 4.39 Å². The summed E-state index contributed by atoms with van der Waals surface area (Å²) in [5.41, 5.74) is 6.71. The lowest BCUT2D eigenvalue weighted by Crippen LogP contribution is -2.35. The summed E-state index contributed by atoms with van der Waals surface area (Å²) in [6, 6.07) is 14.7. The van der Waals surface area contributed by atoms with Gasteiger partial charge in [-0.2, -0.15) is 5.10 Å². The van der Waals surface area contributed by atoms with Crippen LogP contribution in [0.25, 0.3) is 10.9 Å². The van der Waals surface area contributed by atoms with E-state index in [0.29, 0.717) is 5.52 Å². The van der Waals surface area contributed by atoms with Crippen molar-refractivity contribution < 1.29 is 9.13 Å². The molecule has 1 aliphatic heterocycles. The van der Waals surface area contributed by atoms with E-state index in [9.17, 15) is 4.39 Å². The Balaban J connectivity index is 1.40. The topological polar surface area (TPSA) is 49.8 Å². The van der Waals surface area contributed by atoms with Crippen LogP contribution in [-0.2, 0) is 11.3 Å². The van der Waals surface area contributed by atoms with Gasteiger partial charge in [0.1, 0.15) is 5.82 Å². The molecular weight excluding hydrogens is 343 g/mol. The van der Waals surface area contributed by atoms with Crippen LogP contribution in [0.1, 0.15) is 11.1 Å². The average Bonchev–Trinajstić information content (AvgIpc) is 2.70. The molecule has 6 heteroatoms. The number of nitrogens with one attached hydrogen (secondary N) is 1. The molecule has 1 aromatic heterocycles. The molecule has 5 nitrogen and oxygen atoms in total. The Labute approximate surface area is 157 Å². The highest BCUT2D eigenvalue weighted by Gasteiger charge is 2.10. The van der Waals surface area contributed by atoms with Crippen molar-refractivity contribution in [3.8, 4) is 0 Å². The van der Waals surface area contributed by atoms with Gasteiger partial charge in [-0.15, -0.1) is 0 Å². The molecule has 0 aliphatic carbocycles. The summed E-state index contributed by atoms with van der Waals surface area (Å²) in [5.74, 6) is -0.298. The quantitative estimate of drug-likeness (QED) is 0.555. The van der Waals surface area contributed by atoms with Crippen LogP contribution < -0.4 is 5.43 Å². The fourth-order valence-electron chi connectivity index (χ4n) is 3.12. The van der Waals surface area contributed by atoms with Crippen molar-refractivity contribution in [1.29, 1.82) is 0 Å². The minimum Gasteiger partial charge on any atom is -0.379 e. The number of hydrazone groups is 1. The number of nitrogens with zero attached hydrogens (tertiary/aromatic N) is 3. The molecule has 0 spiro atoms. The second-order valence-corrected chi connectivity index (χ2v) is 6.52. The van der Waals surface area contributed by atoms with Crippen LogP contribution in [0.4, 0.5) is 10.1 Å². The van der Waals surface area contributed by atoms with Crippen molar-refractivity contribution in [2.24, 2.45) is 5.10 Å². The van der Waals surface area contributed by atoms with Crippen LogP contribution in [-0.4, -0.2) is 42.4 Å².